The number of para-hydroxylation sites is 1. The number of thioether (sulfide) groups is 2. The number of hydrogen-bond acceptors (Lipinski definition) is 7. The lowest BCUT2D eigenvalue weighted by Crippen LogP contribution is -2.31. The first kappa shape index (κ1) is 24.0. The Hall–Kier alpha value is -3.67. The number of rotatable bonds is 6. The Kier molecular flexibility index (Phi) is 7.03. The molecule has 1 N–H and O–H groups in total. The molecule has 180 valence electrons. The molecule has 0 radical (unpaired) electrons. The zero-order chi connectivity index (χ0) is 25.1. The highest BCUT2D eigenvalue weighted by molar-refractivity contribution is 8.19. The van der Waals surface area contributed by atoms with Crippen LogP contribution in [0.2, 0.25) is 0 Å². The van der Waals surface area contributed by atoms with Gasteiger partial charge in [-0.05, 0) is 61.0 Å². The summed E-state index contributed by atoms with van der Waals surface area (Å²) in [5.74, 6) is -0.0433. The quantitative estimate of drug-likeness (QED) is 0.397. The van der Waals surface area contributed by atoms with Gasteiger partial charge in [0.2, 0.25) is 0 Å². The second-order valence-electron chi connectivity index (χ2n) is 8.33. The fourth-order valence-corrected chi connectivity index (χ4v) is 6.50. The van der Waals surface area contributed by atoms with Crippen molar-refractivity contribution in [3.05, 3.63) is 93.9 Å². The van der Waals surface area contributed by atoms with E-state index in [2.05, 4.69) is 40.6 Å². The SMILES string of the molecule is CCNc1ccc(C#N)cc1N=C1SC(=C2Sc3ccccc3N2C)C(=O)N1CCc1ccccc1. The van der Waals surface area contributed by atoms with Gasteiger partial charge in [-0.1, -0.05) is 54.2 Å². The molecule has 0 aromatic heterocycles. The standard InChI is InChI=1S/C28H25N5OS2/c1-3-30-21-14-13-20(18-29)17-22(21)31-28-33(16-15-19-9-5-4-6-10-19)26(34)25(36-28)27-32(2)23-11-7-8-12-24(23)35-27/h4-14,17,30H,3,15-16H2,1-2H3. The molecule has 1 saturated heterocycles. The first-order chi connectivity index (χ1) is 17.6. The number of carbonyl (C=O) groups is 1. The molecule has 0 unspecified atom stereocenters. The maximum Gasteiger partial charge on any atom is 0.269 e. The number of nitrogens with one attached hydrogen (secondary N) is 1. The Balaban J connectivity index is 1.55. The predicted octanol–water partition coefficient (Wildman–Crippen LogP) is 6.21. The van der Waals surface area contributed by atoms with E-state index in [-0.39, 0.29) is 5.91 Å². The van der Waals surface area contributed by atoms with Gasteiger partial charge >= 0.3 is 0 Å². The van der Waals surface area contributed by atoms with E-state index in [0.29, 0.717) is 27.9 Å². The molecule has 8 heteroatoms. The van der Waals surface area contributed by atoms with Gasteiger partial charge in [-0.2, -0.15) is 5.26 Å². The van der Waals surface area contributed by atoms with Crippen molar-refractivity contribution in [2.45, 2.75) is 18.2 Å². The monoisotopic (exact) mass is 511 g/mol. The minimum atomic E-state index is -0.0433. The average molecular weight is 512 g/mol. The summed E-state index contributed by atoms with van der Waals surface area (Å²) in [6.45, 7) is 3.26. The highest BCUT2D eigenvalue weighted by Crippen LogP contribution is 2.50. The molecule has 3 aromatic carbocycles. The molecule has 0 atom stereocenters. The van der Waals surface area contributed by atoms with E-state index in [1.54, 1.807) is 28.8 Å². The molecule has 1 amide bonds. The lowest BCUT2D eigenvalue weighted by atomic mass is 10.1. The summed E-state index contributed by atoms with van der Waals surface area (Å²) >= 11 is 3.02. The smallest absolute Gasteiger partial charge is 0.269 e. The molecule has 0 spiro atoms. The molecule has 2 aliphatic heterocycles. The van der Waals surface area contributed by atoms with Crippen molar-refractivity contribution < 1.29 is 4.79 Å². The van der Waals surface area contributed by atoms with E-state index in [0.717, 1.165) is 39.8 Å². The molecule has 0 aliphatic carbocycles. The van der Waals surface area contributed by atoms with Crippen LogP contribution in [0.3, 0.4) is 0 Å². The van der Waals surface area contributed by atoms with Gasteiger partial charge < -0.3 is 10.2 Å². The van der Waals surface area contributed by atoms with Crippen LogP contribution in [0, 0.1) is 11.3 Å². The largest absolute Gasteiger partial charge is 0.384 e. The van der Waals surface area contributed by atoms with E-state index in [1.165, 1.54) is 11.8 Å². The van der Waals surface area contributed by atoms with Crippen molar-refractivity contribution in [1.29, 1.82) is 5.26 Å². The summed E-state index contributed by atoms with van der Waals surface area (Å²) < 4.78 is 0. The highest BCUT2D eigenvalue weighted by Gasteiger charge is 2.39. The number of amidine groups is 1. The number of aliphatic imine (C=N–C) groups is 1. The third-order valence-corrected chi connectivity index (χ3v) is 8.40. The Morgan fingerprint density at radius 3 is 2.56 bits per heavy atom. The fourth-order valence-electron chi connectivity index (χ4n) is 4.14. The number of amides is 1. The van der Waals surface area contributed by atoms with Crippen LogP contribution in [0.4, 0.5) is 17.1 Å². The number of benzene rings is 3. The minimum Gasteiger partial charge on any atom is -0.384 e. The van der Waals surface area contributed by atoms with Crippen molar-refractivity contribution in [3.8, 4) is 6.07 Å². The van der Waals surface area contributed by atoms with Crippen LogP contribution in [0.1, 0.15) is 18.1 Å². The van der Waals surface area contributed by atoms with E-state index in [9.17, 15) is 10.1 Å². The maximum atomic E-state index is 13.8. The molecule has 6 nitrogen and oxygen atoms in total. The number of anilines is 2. The van der Waals surface area contributed by atoms with Crippen LogP contribution in [-0.4, -0.2) is 36.1 Å². The van der Waals surface area contributed by atoms with Crippen molar-refractivity contribution in [2.24, 2.45) is 4.99 Å². The summed E-state index contributed by atoms with van der Waals surface area (Å²) in [6.07, 6.45) is 0.719. The molecule has 0 bridgehead atoms. The summed E-state index contributed by atoms with van der Waals surface area (Å²) in [5, 5.41) is 14.3. The van der Waals surface area contributed by atoms with Crippen molar-refractivity contribution in [2.75, 3.05) is 30.4 Å². The molecule has 36 heavy (non-hydrogen) atoms. The summed E-state index contributed by atoms with van der Waals surface area (Å²) in [5.41, 5.74) is 4.27. The van der Waals surface area contributed by atoms with Gasteiger partial charge in [0.25, 0.3) is 5.91 Å². The third kappa shape index (κ3) is 4.72. The first-order valence-electron chi connectivity index (χ1n) is 11.7. The van der Waals surface area contributed by atoms with Crippen LogP contribution in [0.15, 0.2) is 92.6 Å². The summed E-state index contributed by atoms with van der Waals surface area (Å²) in [7, 11) is 2.00. The lowest BCUT2D eigenvalue weighted by Gasteiger charge is -2.17. The Bertz CT molecular complexity index is 1410. The Morgan fingerprint density at radius 1 is 1.03 bits per heavy atom. The van der Waals surface area contributed by atoms with Crippen LogP contribution in [0.25, 0.3) is 0 Å². The average Bonchev–Trinajstić information content (AvgIpc) is 3.40. The maximum absolute atomic E-state index is 13.8. The molecular weight excluding hydrogens is 486 g/mol. The molecule has 5 rings (SSSR count). The normalized spacial score (nSPS) is 18.0. The highest BCUT2D eigenvalue weighted by atomic mass is 32.2. The fraction of sp³-hybridized carbons (Fsp3) is 0.179. The molecule has 3 aromatic rings. The number of nitriles is 1. The van der Waals surface area contributed by atoms with Gasteiger partial charge in [-0.3, -0.25) is 9.69 Å². The van der Waals surface area contributed by atoms with Crippen LogP contribution >= 0.6 is 23.5 Å². The van der Waals surface area contributed by atoms with E-state index in [1.807, 2.05) is 50.4 Å². The summed E-state index contributed by atoms with van der Waals surface area (Å²) in [6, 6.07) is 25.9. The van der Waals surface area contributed by atoms with Crippen LogP contribution in [0.5, 0.6) is 0 Å². The van der Waals surface area contributed by atoms with Gasteiger partial charge in [0.1, 0.15) is 4.91 Å². The van der Waals surface area contributed by atoms with Crippen molar-refractivity contribution in [1.82, 2.24) is 4.90 Å². The number of hydrogen-bond donors (Lipinski definition) is 1. The Labute approximate surface area is 219 Å². The molecule has 2 heterocycles. The molecular formula is C28H25N5OS2. The van der Waals surface area contributed by atoms with Gasteiger partial charge in [0, 0.05) is 25.0 Å². The second kappa shape index (κ2) is 10.5. The van der Waals surface area contributed by atoms with E-state index in [4.69, 9.17) is 4.99 Å². The van der Waals surface area contributed by atoms with Gasteiger partial charge in [0.05, 0.1) is 33.7 Å². The first-order valence-corrected chi connectivity index (χ1v) is 13.4. The molecule has 1 fully saturated rings. The molecule has 2 aliphatic rings. The van der Waals surface area contributed by atoms with Crippen LogP contribution < -0.4 is 10.2 Å². The van der Waals surface area contributed by atoms with Gasteiger partial charge in [-0.15, -0.1) is 0 Å². The summed E-state index contributed by atoms with van der Waals surface area (Å²) in [4.78, 5) is 24.4. The lowest BCUT2D eigenvalue weighted by molar-refractivity contribution is -0.122. The Morgan fingerprint density at radius 2 is 1.81 bits per heavy atom. The van der Waals surface area contributed by atoms with Gasteiger partial charge in [0.15, 0.2) is 5.17 Å². The minimum absolute atomic E-state index is 0.0433. The zero-order valence-electron chi connectivity index (χ0n) is 20.1. The number of carbonyl (C=O) groups excluding carboxylic acids is 1. The number of fused-ring (bicyclic) bond motifs is 1. The van der Waals surface area contributed by atoms with Crippen molar-refractivity contribution in [3.63, 3.8) is 0 Å². The second-order valence-corrected chi connectivity index (χ2v) is 10.3. The zero-order valence-corrected chi connectivity index (χ0v) is 21.7. The van der Waals surface area contributed by atoms with Crippen molar-refractivity contribution >= 4 is 51.7 Å². The predicted molar refractivity (Wildman–Crippen MR) is 150 cm³/mol. The molecule has 0 saturated carbocycles. The van der Waals surface area contributed by atoms with E-state index >= 15 is 0 Å². The topological polar surface area (TPSA) is 71.7 Å². The number of nitrogens with zero attached hydrogens (tertiary/aromatic N) is 4. The third-order valence-electron chi connectivity index (χ3n) is 5.97. The van der Waals surface area contributed by atoms with E-state index < -0.39 is 0 Å². The van der Waals surface area contributed by atoms with Gasteiger partial charge in [-0.25, -0.2) is 4.99 Å². The van der Waals surface area contributed by atoms with Crippen LogP contribution in [-0.2, 0) is 11.2 Å².